The summed E-state index contributed by atoms with van der Waals surface area (Å²) in [6, 6.07) is 4.43. The molecular weight excluding hydrogens is 229 g/mol. The molecule has 1 heterocycles. The second kappa shape index (κ2) is 4.14. The predicted octanol–water partition coefficient (Wildman–Crippen LogP) is 2.61. The van der Waals surface area contributed by atoms with E-state index >= 15 is 0 Å². The van der Waals surface area contributed by atoms with Crippen LogP contribution >= 0.6 is 11.6 Å². The van der Waals surface area contributed by atoms with Gasteiger partial charge in [0, 0.05) is 11.9 Å². The van der Waals surface area contributed by atoms with Crippen LogP contribution in [0.1, 0.15) is 11.3 Å². The Bertz CT molecular complexity index is 482. The summed E-state index contributed by atoms with van der Waals surface area (Å²) < 4.78 is 14.7. The van der Waals surface area contributed by atoms with Crippen LogP contribution in [-0.2, 0) is 6.54 Å². The fraction of sp³-hybridized carbons (Fsp3) is 0.182. The van der Waals surface area contributed by atoms with Crippen molar-refractivity contribution in [3.8, 4) is 0 Å². The Morgan fingerprint density at radius 2 is 2.19 bits per heavy atom. The molecule has 0 fully saturated rings. The molecule has 84 valence electrons. The molecule has 5 heteroatoms. The topological polar surface area (TPSA) is 43.8 Å². The Labute approximate surface area is 97.6 Å². The molecule has 2 N–H and O–H groups in total. The van der Waals surface area contributed by atoms with Gasteiger partial charge in [0.25, 0.3) is 0 Å². The van der Waals surface area contributed by atoms with Crippen molar-refractivity contribution < 1.29 is 4.39 Å². The van der Waals surface area contributed by atoms with Crippen molar-refractivity contribution in [3.63, 3.8) is 0 Å². The summed E-state index contributed by atoms with van der Waals surface area (Å²) >= 11 is 5.88. The Hall–Kier alpha value is -1.55. The Morgan fingerprint density at radius 3 is 2.75 bits per heavy atom. The lowest BCUT2D eigenvalue weighted by Crippen LogP contribution is -2.01. The minimum absolute atomic E-state index is 0.343. The van der Waals surface area contributed by atoms with E-state index in [0.29, 0.717) is 17.3 Å². The van der Waals surface area contributed by atoms with Crippen LogP contribution in [0.15, 0.2) is 24.4 Å². The minimum Gasteiger partial charge on any atom is -0.399 e. The molecule has 0 atom stereocenters. The van der Waals surface area contributed by atoms with Crippen molar-refractivity contribution in [1.29, 1.82) is 0 Å². The fourth-order valence-corrected chi connectivity index (χ4v) is 1.68. The number of benzene rings is 1. The van der Waals surface area contributed by atoms with Crippen LogP contribution in [0.25, 0.3) is 0 Å². The number of halogens is 2. The number of nitrogens with two attached hydrogens (primary N) is 1. The Balaban J connectivity index is 2.26. The molecule has 2 aromatic rings. The molecule has 3 nitrogen and oxygen atoms in total. The van der Waals surface area contributed by atoms with Crippen LogP contribution in [0.5, 0.6) is 0 Å². The largest absolute Gasteiger partial charge is 0.399 e. The smallest absolute Gasteiger partial charge is 0.125 e. The summed E-state index contributed by atoms with van der Waals surface area (Å²) in [7, 11) is 0. The second-order valence-corrected chi connectivity index (χ2v) is 4.06. The molecule has 0 aliphatic carbocycles. The minimum atomic E-state index is -0.343. The molecule has 0 spiro atoms. The molecule has 0 aliphatic heterocycles. The summed E-state index contributed by atoms with van der Waals surface area (Å²) in [6.45, 7) is 2.27. The zero-order valence-electron chi connectivity index (χ0n) is 8.74. The third-order valence-electron chi connectivity index (χ3n) is 2.21. The maximum Gasteiger partial charge on any atom is 0.125 e. The third-order valence-corrected chi connectivity index (χ3v) is 2.58. The zero-order chi connectivity index (χ0) is 11.7. The summed E-state index contributed by atoms with van der Waals surface area (Å²) in [5, 5.41) is 4.79. The second-order valence-electron chi connectivity index (χ2n) is 3.65. The lowest BCUT2D eigenvalue weighted by Gasteiger charge is -2.03. The predicted molar refractivity (Wildman–Crippen MR) is 61.9 cm³/mol. The molecular formula is C11H11ClFN3. The number of aromatic nitrogens is 2. The van der Waals surface area contributed by atoms with Crippen molar-refractivity contribution in [1.82, 2.24) is 9.78 Å². The number of hydrogen-bond acceptors (Lipinski definition) is 2. The Kier molecular flexibility index (Phi) is 2.83. The molecule has 0 saturated carbocycles. The van der Waals surface area contributed by atoms with Crippen LogP contribution in [0.4, 0.5) is 10.1 Å². The van der Waals surface area contributed by atoms with Gasteiger partial charge in [0.2, 0.25) is 0 Å². The number of hydrogen-bond donors (Lipinski definition) is 1. The molecule has 16 heavy (non-hydrogen) atoms. The SMILES string of the molecule is Cc1nn(Cc2cc(N)cc(F)c2)cc1Cl. The average molecular weight is 240 g/mol. The molecule has 1 aromatic heterocycles. The standard InChI is InChI=1S/C11H11ClFN3/c1-7-11(12)6-16(15-7)5-8-2-9(13)4-10(14)3-8/h2-4,6H,5,14H2,1H3. The van der Waals surface area contributed by atoms with Gasteiger partial charge in [-0.2, -0.15) is 5.10 Å². The van der Waals surface area contributed by atoms with E-state index < -0.39 is 0 Å². The van der Waals surface area contributed by atoms with E-state index in [9.17, 15) is 4.39 Å². The molecule has 0 amide bonds. The summed E-state index contributed by atoms with van der Waals surface area (Å²) in [4.78, 5) is 0. The average Bonchev–Trinajstić information content (AvgIpc) is 2.43. The van der Waals surface area contributed by atoms with E-state index in [4.69, 9.17) is 17.3 Å². The number of nitrogens with zero attached hydrogens (tertiary/aromatic N) is 2. The van der Waals surface area contributed by atoms with Crippen LogP contribution in [0.3, 0.4) is 0 Å². The third kappa shape index (κ3) is 2.33. The van der Waals surface area contributed by atoms with Gasteiger partial charge in [-0.25, -0.2) is 4.39 Å². The van der Waals surface area contributed by atoms with E-state index in [-0.39, 0.29) is 5.82 Å². The lowest BCUT2D eigenvalue weighted by molar-refractivity contribution is 0.619. The van der Waals surface area contributed by atoms with Crippen molar-refractivity contribution in [3.05, 3.63) is 46.5 Å². The highest BCUT2D eigenvalue weighted by molar-refractivity contribution is 6.31. The van der Waals surface area contributed by atoms with E-state index in [1.807, 2.05) is 6.92 Å². The van der Waals surface area contributed by atoms with Gasteiger partial charge in [0.1, 0.15) is 5.82 Å². The van der Waals surface area contributed by atoms with E-state index in [0.717, 1.165) is 11.3 Å². The molecule has 0 saturated heterocycles. The summed E-state index contributed by atoms with van der Waals surface area (Å²) in [5.41, 5.74) is 7.48. The maximum absolute atomic E-state index is 13.1. The number of rotatable bonds is 2. The van der Waals surface area contributed by atoms with Crippen molar-refractivity contribution in [2.24, 2.45) is 0 Å². The quantitative estimate of drug-likeness (QED) is 0.819. The van der Waals surface area contributed by atoms with Crippen molar-refractivity contribution >= 4 is 17.3 Å². The van der Waals surface area contributed by atoms with E-state index in [1.54, 1.807) is 16.9 Å². The number of nitrogen functional groups attached to an aromatic ring is 1. The van der Waals surface area contributed by atoms with Gasteiger partial charge in [0.05, 0.1) is 17.3 Å². The van der Waals surface area contributed by atoms with Crippen LogP contribution in [-0.4, -0.2) is 9.78 Å². The van der Waals surface area contributed by atoms with E-state index in [2.05, 4.69) is 5.10 Å². The van der Waals surface area contributed by atoms with Gasteiger partial charge in [-0.15, -0.1) is 0 Å². The first-order valence-corrected chi connectivity index (χ1v) is 5.17. The lowest BCUT2D eigenvalue weighted by atomic mass is 10.2. The van der Waals surface area contributed by atoms with Gasteiger partial charge in [-0.3, -0.25) is 4.68 Å². The molecule has 1 aromatic carbocycles. The van der Waals surface area contributed by atoms with Crippen LogP contribution in [0.2, 0.25) is 5.02 Å². The van der Waals surface area contributed by atoms with Gasteiger partial charge in [0.15, 0.2) is 0 Å². The van der Waals surface area contributed by atoms with Crippen LogP contribution < -0.4 is 5.73 Å². The Morgan fingerprint density at radius 1 is 1.44 bits per heavy atom. The summed E-state index contributed by atoms with van der Waals surface area (Å²) in [5.74, 6) is -0.343. The first-order valence-electron chi connectivity index (χ1n) is 4.79. The van der Waals surface area contributed by atoms with Crippen molar-refractivity contribution in [2.45, 2.75) is 13.5 Å². The molecule has 0 aliphatic rings. The molecule has 0 bridgehead atoms. The first-order chi connectivity index (χ1) is 7.54. The normalized spacial score (nSPS) is 10.7. The number of anilines is 1. The van der Waals surface area contributed by atoms with Gasteiger partial charge in [-0.1, -0.05) is 11.6 Å². The highest BCUT2D eigenvalue weighted by atomic mass is 35.5. The first kappa shape index (κ1) is 11.0. The highest BCUT2D eigenvalue weighted by Gasteiger charge is 2.04. The van der Waals surface area contributed by atoms with Crippen LogP contribution in [0, 0.1) is 12.7 Å². The zero-order valence-corrected chi connectivity index (χ0v) is 9.50. The summed E-state index contributed by atoms with van der Waals surface area (Å²) in [6.07, 6.45) is 1.71. The van der Waals surface area contributed by atoms with Gasteiger partial charge < -0.3 is 5.73 Å². The van der Waals surface area contributed by atoms with Gasteiger partial charge >= 0.3 is 0 Å². The molecule has 0 unspecified atom stereocenters. The molecule has 2 rings (SSSR count). The monoisotopic (exact) mass is 239 g/mol. The molecule has 0 radical (unpaired) electrons. The van der Waals surface area contributed by atoms with Crippen molar-refractivity contribution in [2.75, 3.05) is 5.73 Å². The maximum atomic E-state index is 13.1. The van der Waals surface area contributed by atoms with E-state index in [1.165, 1.54) is 12.1 Å². The fourth-order valence-electron chi connectivity index (χ4n) is 1.53. The van der Waals surface area contributed by atoms with Gasteiger partial charge in [-0.05, 0) is 30.7 Å². The highest BCUT2D eigenvalue weighted by Crippen LogP contribution is 2.15. The number of aryl methyl sites for hydroxylation is 1.